The Balaban J connectivity index is 2.75. The maximum absolute atomic E-state index is 12.8. The Morgan fingerprint density at radius 2 is 2.00 bits per heavy atom. The molecule has 0 bridgehead atoms. The number of carbonyl (C=O) groups is 1. The zero-order chi connectivity index (χ0) is 13.9. The number of carbonyl (C=O) groups excluding carboxylic acids is 1. The molecule has 1 amide bonds. The highest BCUT2D eigenvalue weighted by Crippen LogP contribution is 2.22. The number of alkyl halides is 4. The van der Waals surface area contributed by atoms with Crippen LogP contribution in [0.3, 0.4) is 0 Å². The number of halogens is 5. The van der Waals surface area contributed by atoms with Crippen molar-refractivity contribution in [2.24, 2.45) is 0 Å². The Bertz CT molecular complexity index is 450. The number of anilines is 1. The third-order valence-corrected chi connectivity index (χ3v) is 2.06. The molecular weight excluding hydrogens is 259 g/mol. The second-order valence-electron chi connectivity index (χ2n) is 3.48. The zero-order valence-corrected chi connectivity index (χ0v) is 8.89. The van der Waals surface area contributed by atoms with Crippen molar-refractivity contribution in [3.05, 3.63) is 29.6 Å². The van der Waals surface area contributed by atoms with Crippen molar-refractivity contribution in [2.45, 2.75) is 12.3 Å². The third-order valence-electron chi connectivity index (χ3n) is 2.06. The predicted molar refractivity (Wildman–Crippen MR) is 54.1 cm³/mol. The monoisotopic (exact) mass is 268 g/mol. The largest absolute Gasteiger partial charge is 0.398 e. The van der Waals surface area contributed by atoms with Gasteiger partial charge in [-0.3, -0.25) is 4.79 Å². The summed E-state index contributed by atoms with van der Waals surface area (Å²) >= 11 is 0. The van der Waals surface area contributed by atoms with Crippen LogP contribution in [-0.4, -0.2) is 24.8 Å². The normalized spacial score (nSPS) is 11.7. The van der Waals surface area contributed by atoms with Gasteiger partial charge in [0.1, 0.15) is 5.82 Å². The highest BCUT2D eigenvalue weighted by molar-refractivity contribution is 5.99. The van der Waals surface area contributed by atoms with Crippen LogP contribution in [0.1, 0.15) is 10.4 Å². The summed E-state index contributed by atoms with van der Waals surface area (Å²) in [5.41, 5.74) is 4.79. The molecule has 3 nitrogen and oxygen atoms in total. The summed E-state index contributed by atoms with van der Waals surface area (Å²) in [5, 5.41) is 1.57. The highest BCUT2D eigenvalue weighted by atomic mass is 19.3. The van der Waals surface area contributed by atoms with E-state index in [0.717, 1.165) is 18.2 Å². The minimum absolute atomic E-state index is 0.144. The summed E-state index contributed by atoms with van der Waals surface area (Å²) in [6, 6.07) is 2.76. The fourth-order valence-electron chi connectivity index (χ4n) is 1.10. The van der Waals surface area contributed by atoms with Gasteiger partial charge in [-0.25, -0.2) is 13.2 Å². The second kappa shape index (κ2) is 5.19. The number of hydrogen-bond acceptors (Lipinski definition) is 2. The summed E-state index contributed by atoms with van der Waals surface area (Å²) in [4.78, 5) is 11.4. The Hall–Kier alpha value is -1.86. The van der Waals surface area contributed by atoms with Crippen molar-refractivity contribution >= 4 is 11.6 Å². The molecule has 0 fully saturated rings. The van der Waals surface area contributed by atoms with Crippen molar-refractivity contribution in [3.63, 3.8) is 0 Å². The summed E-state index contributed by atoms with van der Waals surface area (Å²) in [6.07, 6.45) is -3.90. The summed E-state index contributed by atoms with van der Waals surface area (Å²) < 4.78 is 61.5. The van der Waals surface area contributed by atoms with Gasteiger partial charge in [-0.05, 0) is 18.2 Å². The number of rotatable bonds is 4. The van der Waals surface area contributed by atoms with E-state index in [1.54, 1.807) is 5.32 Å². The molecule has 0 saturated heterocycles. The predicted octanol–water partition coefficient (Wildman–Crippen LogP) is 2.04. The molecule has 0 heterocycles. The fraction of sp³-hybridized carbons (Fsp3) is 0.300. The molecule has 100 valence electrons. The van der Waals surface area contributed by atoms with Gasteiger partial charge in [0.2, 0.25) is 0 Å². The minimum atomic E-state index is -4.35. The van der Waals surface area contributed by atoms with Crippen LogP contribution in [0.5, 0.6) is 0 Å². The van der Waals surface area contributed by atoms with Gasteiger partial charge in [0.05, 0.1) is 12.1 Å². The fourth-order valence-corrected chi connectivity index (χ4v) is 1.10. The van der Waals surface area contributed by atoms with Crippen LogP contribution < -0.4 is 11.1 Å². The van der Waals surface area contributed by atoms with Gasteiger partial charge in [-0.15, -0.1) is 0 Å². The first-order valence-electron chi connectivity index (χ1n) is 4.73. The standard InChI is InChI=1S/C10H9F5N2O/c11-5-1-2-7(16)6(3-5)8(18)17-4-10(14,15)9(12)13/h1-3,9H,4,16H2,(H,17,18). The van der Waals surface area contributed by atoms with E-state index in [4.69, 9.17) is 5.73 Å². The maximum Gasteiger partial charge on any atom is 0.324 e. The minimum Gasteiger partial charge on any atom is -0.398 e. The van der Waals surface area contributed by atoms with Gasteiger partial charge in [0, 0.05) is 5.69 Å². The average molecular weight is 268 g/mol. The Morgan fingerprint density at radius 1 is 1.39 bits per heavy atom. The summed E-state index contributed by atoms with van der Waals surface area (Å²) in [5.74, 6) is -6.29. The second-order valence-corrected chi connectivity index (χ2v) is 3.48. The van der Waals surface area contributed by atoms with Crippen LogP contribution in [0, 0.1) is 5.82 Å². The lowest BCUT2D eigenvalue weighted by Gasteiger charge is -2.16. The third kappa shape index (κ3) is 3.31. The smallest absolute Gasteiger partial charge is 0.324 e. The van der Waals surface area contributed by atoms with E-state index in [9.17, 15) is 26.7 Å². The van der Waals surface area contributed by atoms with E-state index in [-0.39, 0.29) is 11.3 Å². The van der Waals surface area contributed by atoms with Gasteiger partial charge in [-0.2, -0.15) is 8.78 Å². The van der Waals surface area contributed by atoms with Crippen LogP contribution >= 0.6 is 0 Å². The molecular formula is C10H9F5N2O. The molecule has 0 aliphatic carbocycles. The Kier molecular flexibility index (Phi) is 4.10. The van der Waals surface area contributed by atoms with Crippen molar-refractivity contribution in [2.75, 3.05) is 12.3 Å². The number of nitrogens with two attached hydrogens (primary N) is 1. The van der Waals surface area contributed by atoms with E-state index in [0.29, 0.717) is 0 Å². The Labute approximate surface area is 98.8 Å². The lowest BCUT2D eigenvalue weighted by atomic mass is 10.1. The van der Waals surface area contributed by atoms with Gasteiger partial charge >= 0.3 is 12.3 Å². The summed E-state index contributed by atoms with van der Waals surface area (Å²) in [7, 11) is 0. The zero-order valence-electron chi connectivity index (χ0n) is 8.89. The molecule has 0 atom stereocenters. The molecule has 1 rings (SSSR count). The van der Waals surface area contributed by atoms with Gasteiger partial charge < -0.3 is 11.1 Å². The molecule has 8 heteroatoms. The first kappa shape index (κ1) is 14.2. The molecule has 1 aromatic rings. The highest BCUT2D eigenvalue weighted by Gasteiger charge is 2.40. The molecule has 18 heavy (non-hydrogen) atoms. The first-order chi connectivity index (χ1) is 8.24. The van der Waals surface area contributed by atoms with E-state index in [2.05, 4.69) is 0 Å². The van der Waals surface area contributed by atoms with Gasteiger partial charge in [-0.1, -0.05) is 0 Å². The SMILES string of the molecule is Nc1ccc(F)cc1C(=O)NCC(F)(F)C(F)F. The van der Waals surface area contributed by atoms with Crippen LogP contribution in [0.2, 0.25) is 0 Å². The van der Waals surface area contributed by atoms with Crippen molar-refractivity contribution in [1.29, 1.82) is 0 Å². The number of nitrogens with one attached hydrogen (secondary N) is 1. The van der Waals surface area contributed by atoms with Crippen molar-refractivity contribution in [1.82, 2.24) is 5.32 Å². The first-order valence-corrected chi connectivity index (χ1v) is 4.73. The quantitative estimate of drug-likeness (QED) is 0.648. The number of nitrogen functional groups attached to an aromatic ring is 1. The number of hydrogen-bond donors (Lipinski definition) is 2. The number of amides is 1. The molecule has 0 saturated carbocycles. The molecule has 0 aromatic heterocycles. The molecule has 0 aliphatic heterocycles. The topological polar surface area (TPSA) is 55.1 Å². The van der Waals surface area contributed by atoms with E-state index in [1.165, 1.54) is 0 Å². The molecule has 0 aliphatic rings. The molecule has 0 radical (unpaired) electrons. The molecule has 3 N–H and O–H groups in total. The van der Waals surface area contributed by atoms with Gasteiger partial charge in [0.15, 0.2) is 0 Å². The van der Waals surface area contributed by atoms with E-state index >= 15 is 0 Å². The maximum atomic E-state index is 12.8. The average Bonchev–Trinajstić information content (AvgIpc) is 2.29. The van der Waals surface area contributed by atoms with Crippen LogP contribution in [0.4, 0.5) is 27.6 Å². The van der Waals surface area contributed by atoms with Crippen molar-refractivity contribution in [3.8, 4) is 0 Å². The Morgan fingerprint density at radius 3 is 2.56 bits per heavy atom. The molecule has 1 aromatic carbocycles. The lowest BCUT2D eigenvalue weighted by Crippen LogP contribution is -2.41. The molecule has 0 unspecified atom stereocenters. The molecule has 0 spiro atoms. The van der Waals surface area contributed by atoms with E-state index in [1.807, 2.05) is 0 Å². The van der Waals surface area contributed by atoms with Crippen LogP contribution in [0.25, 0.3) is 0 Å². The van der Waals surface area contributed by atoms with Crippen molar-refractivity contribution < 1.29 is 26.7 Å². The number of benzene rings is 1. The van der Waals surface area contributed by atoms with Crippen LogP contribution in [-0.2, 0) is 0 Å². The van der Waals surface area contributed by atoms with Crippen LogP contribution in [0.15, 0.2) is 18.2 Å². The lowest BCUT2D eigenvalue weighted by molar-refractivity contribution is -0.123. The van der Waals surface area contributed by atoms with Gasteiger partial charge in [0.25, 0.3) is 5.91 Å². The summed E-state index contributed by atoms with van der Waals surface area (Å²) in [6.45, 7) is -1.56. The van der Waals surface area contributed by atoms with E-state index < -0.39 is 30.6 Å².